The van der Waals surface area contributed by atoms with Crippen LogP contribution >= 0.6 is 11.5 Å². The number of aromatic nitrogens is 2. The molecule has 3 rings (SSSR count). The predicted molar refractivity (Wildman–Crippen MR) is 91.8 cm³/mol. The standard InChI is InChI=1S/C16H27N5OS/c1-12-10-19(3)8-9-21(12)11-14-4-6-20(7-5-14)16(22)15-13(2)17-18-23-15/h12,14H,4-11H2,1-3H3/t12-/m1/s1. The number of amides is 1. The quantitative estimate of drug-likeness (QED) is 0.833. The molecule has 2 fully saturated rings. The van der Waals surface area contributed by atoms with E-state index in [9.17, 15) is 4.79 Å². The van der Waals surface area contributed by atoms with Crippen LogP contribution in [0.1, 0.15) is 35.1 Å². The van der Waals surface area contributed by atoms with Crippen LogP contribution in [0.3, 0.4) is 0 Å². The van der Waals surface area contributed by atoms with Gasteiger partial charge in [-0.05, 0) is 51.2 Å². The van der Waals surface area contributed by atoms with Crippen molar-refractivity contribution in [2.24, 2.45) is 5.92 Å². The van der Waals surface area contributed by atoms with Crippen LogP contribution in [0.15, 0.2) is 0 Å². The molecule has 2 saturated heterocycles. The van der Waals surface area contributed by atoms with Crippen molar-refractivity contribution < 1.29 is 4.79 Å². The van der Waals surface area contributed by atoms with Crippen molar-refractivity contribution in [2.75, 3.05) is 46.3 Å². The van der Waals surface area contributed by atoms with Crippen molar-refractivity contribution >= 4 is 17.4 Å². The van der Waals surface area contributed by atoms with Crippen LogP contribution in [-0.2, 0) is 0 Å². The molecular weight excluding hydrogens is 310 g/mol. The Kier molecular flexibility index (Phi) is 5.28. The first kappa shape index (κ1) is 16.8. The van der Waals surface area contributed by atoms with E-state index in [4.69, 9.17) is 0 Å². The maximum absolute atomic E-state index is 12.5. The molecule has 0 aromatic carbocycles. The number of nitrogens with zero attached hydrogens (tertiary/aromatic N) is 5. The number of rotatable bonds is 3. The summed E-state index contributed by atoms with van der Waals surface area (Å²) in [5.41, 5.74) is 0.758. The second kappa shape index (κ2) is 7.23. The lowest BCUT2D eigenvalue weighted by Crippen LogP contribution is -2.52. The molecule has 1 aromatic rings. The van der Waals surface area contributed by atoms with E-state index in [1.54, 1.807) is 0 Å². The van der Waals surface area contributed by atoms with Crippen molar-refractivity contribution in [3.05, 3.63) is 10.6 Å². The van der Waals surface area contributed by atoms with Gasteiger partial charge in [0.2, 0.25) is 0 Å². The molecule has 0 saturated carbocycles. The van der Waals surface area contributed by atoms with E-state index in [-0.39, 0.29) is 5.91 Å². The monoisotopic (exact) mass is 337 g/mol. The van der Waals surface area contributed by atoms with Crippen molar-refractivity contribution in [1.82, 2.24) is 24.3 Å². The molecule has 2 aliphatic rings. The molecule has 3 heterocycles. The summed E-state index contributed by atoms with van der Waals surface area (Å²) in [5.74, 6) is 0.828. The van der Waals surface area contributed by atoms with Crippen LogP contribution < -0.4 is 0 Å². The average molecular weight is 337 g/mol. The van der Waals surface area contributed by atoms with E-state index in [1.807, 2.05) is 11.8 Å². The van der Waals surface area contributed by atoms with Gasteiger partial charge in [0.05, 0.1) is 5.69 Å². The van der Waals surface area contributed by atoms with E-state index in [1.165, 1.54) is 31.2 Å². The number of likely N-dealkylation sites (N-methyl/N-ethyl adjacent to an activating group) is 1. The maximum Gasteiger partial charge on any atom is 0.267 e. The van der Waals surface area contributed by atoms with Crippen LogP contribution in [-0.4, -0.2) is 82.6 Å². The fourth-order valence-electron chi connectivity index (χ4n) is 3.67. The Morgan fingerprint density at radius 2 is 2.00 bits per heavy atom. The van der Waals surface area contributed by atoms with Crippen LogP contribution in [0.5, 0.6) is 0 Å². The maximum atomic E-state index is 12.5. The zero-order chi connectivity index (χ0) is 16.4. The van der Waals surface area contributed by atoms with E-state index in [0.29, 0.717) is 16.8 Å². The lowest BCUT2D eigenvalue weighted by molar-refractivity contribution is 0.0559. The summed E-state index contributed by atoms with van der Waals surface area (Å²) in [6.45, 7) is 10.6. The summed E-state index contributed by atoms with van der Waals surface area (Å²) < 4.78 is 3.88. The van der Waals surface area contributed by atoms with Gasteiger partial charge in [-0.15, -0.1) is 5.10 Å². The molecule has 0 radical (unpaired) electrons. The lowest BCUT2D eigenvalue weighted by Gasteiger charge is -2.41. The zero-order valence-corrected chi connectivity index (χ0v) is 15.2. The fourth-order valence-corrected chi connectivity index (χ4v) is 4.30. The number of carbonyl (C=O) groups excluding carboxylic acids is 1. The molecule has 1 aromatic heterocycles. The summed E-state index contributed by atoms with van der Waals surface area (Å²) in [5, 5.41) is 3.95. The zero-order valence-electron chi connectivity index (χ0n) is 14.4. The topological polar surface area (TPSA) is 52.6 Å². The first-order valence-electron chi connectivity index (χ1n) is 8.55. The molecule has 0 unspecified atom stereocenters. The summed E-state index contributed by atoms with van der Waals surface area (Å²) >= 11 is 1.22. The summed E-state index contributed by atoms with van der Waals surface area (Å²) in [4.78, 5) is 20.2. The van der Waals surface area contributed by atoms with Crippen LogP contribution in [0.2, 0.25) is 0 Å². The SMILES string of the molecule is Cc1nnsc1C(=O)N1CCC(CN2CCN(C)C[C@H]2C)CC1. The number of piperidine rings is 1. The van der Waals surface area contributed by atoms with Gasteiger partial charge in [0.15, 0.2) is 0 Å². The Labute approximate surface area is 142 Å². The minimum atomic E-state index is 0.115. The highest BCUT2D eigenvalue weighted by Gasteiger charge is 2.29. The molecule has 2 aliphatic heterocycles. The fraction of sp³-hybridized carbons (Fsp3) is 0.812. The number of hydrogen-bond acceptors (Lipinski definition) is 6. The third kappa shape index (κ3) is 3.89. The Balaban J connectivity index is 1.49. The van der Waals surface area contributed by atoms with E-state index in [0.717, 1.165) is 38.2 Å². The van der Waals surface area contributed by atoms with E-state index in [2.05, 4.69) is 33.4 Å². The van der Waals surface area contributed by atoms with Gasteiger partial charge < -0.3 is 9.80 Å². The van der Waals surface area contributed by atoms with Crippen molar-refractivity contribution in [1.29, 1.82) is 0 Å². The first-order valence-corrected chi connectivity index (χ1v) is 9.32. The Hall–Kier alpha value is -1.05. The van der Waals surface area contributed by atoms with Crippen molar-refractivity contribution in [3.63, 3.8) is 0 Å². The van der Waals surface area contributed by atoms with Crippen LogP contribution in [0.25, 0.3) is 0 Å². The summed E-state index contributed by atoms with van der Waals surface area (Å²) in [6.07, 6.45) is 2.21. The first-order chi connectivity index (χ1) is 11.0. The molecule has 0 N–H and O–H groups in total. The molecule has 128 valence electrons. The second-order valence-corrected chi connectivity index (χ2v) is 7.78. The third-order valence-corrected chi connectivity index (χ3v) is 6.02. The highest BCUT2D eigenvalue weighted by atomic mass is 32.1. The van der Waals surface area contributed by atoms with Gasteiger partial charge in [0.1, 0.15) is 4.88 Å². The molecule has 7 heteroatoms. The average Bonchev–Trinajstić information content (AvgIpc) is 2.96. The number of piperazine rings is 1. The predicted octanol–water partition coefficient (Wildman–Crippen LogP) is 1.33. The molecular formula is C16H27N5OS. The molecule has 0 spiro atoms. The van der Waals surface area contributed by atoms with Gasteiger partial charge in [-0.3, -0.25) is 9.69 Å². The number of likely N-dealkylation sites (tertiary alicyclic amines) is 1. The van der Waals surface area contributed by atoms with Gasteiger partial charge >= 0.3 is 0 Å². The molecule has 23 heavy (non-hydrogen) atoms. The highest BCUT2D eigenvalue weighted by Crippen LogP contribution is 2.23. The minimum Gasteiger partial charge on any atom is -0.338 e. The molecule has 1 atom stereocenters. The van der Waals surface area contributed by atoms with Crippen molar-refractivity contribution in [2.45, 2.75) is 32.7 Å². The Morgan fingerprint density at radius 1 is 1.26 bits per heavy atom. The normalized spacial score (nSPS) is 25.0. The lowest BCUT2D eigenvalue weighted by atomic mass is 9.95. The van der Waals surface area contributed by atoms with Gasteiger partial charge in [-0.2, -0.15) is 0 Å². The minimum absolute atomic E-state index is 0.115. The van der Waals surface area contributed by atoms with E-state index < -0.39 is 0 Å². The van der Waals surface area contributed by atoms with Gasteiger partial charge in [-0.1, -0.05) is 4.49 Å². The second-order valence-electron chi connectivity index (χ2n) is 7.03. The van der Waals surface area contributed by atoms with Gasteiger partial charge in [-0.25, -0.2) is 0 Å². The highest BCUT2D eigenvalue weighted by molar-refractivity contribution is 7.07. The van der Waals surface area contributed by atoms with Gasteiger partial charge in [0.25, 0.3) is 5.91 Å². The van der Waals surface area contributed by atoms with Crippen LogP contribution in [0, 0.1) is 12.8 Å². The smallest absolute Gasteiger partial charge is 0.267 e. The summed E-state index contributed by atoms with van der Waals surface area (Å²) in [7, 11) is 2.20. The van der Waals surface area contributed by atoms with E-state index >= 15 is 0 Å². The number of carbonyl (C=O) groups is 1. The summed E-state index contributed by atoms with van der Waals surface area (Å²) in [6, 6.07) is 0.638. The Bertz CT molecular complexity index is 540. The van der Waals surface area contributed by atoms with Gasteiger partial charge in [0, 0.05) is 45.3 Å². The molecule has 1 amide bonds. The third-order valence-electron chi connectivity index (χ3n) is 5.21. The number of aryl methyl sites for hydroxylation is 1. The Morgan fingerprint density at radius 3 is 2.61 bits per heavy atom. The molecule has 6 nitrogen and oxygen atoms in total. The van der Waals surface area contributed by atoms with Crippen LogP contribution in [0.4, 0.5) is 0 Å². The molecule has 0 aliphatic carbocycles. The van der Waals surface area contributed by atoms with Crippen molar-refractivity contribution in [3.8, 4) is 0 Å². The molecule has 0 bridgehead atoms. The largest absolute Gasteiger partial charge is 0.338 e. The number of hydrogen-bond donors (Lipinski definition) is 0.